The van der Waals surface area contributed by atoms with Crippen molar-refractivity contribution >= 4 is 11.9 Å². The van der Waals surface area contributed by atoms with Crippen molar-refractivity contribution in [1.29, 1.82) is 0 Å². The van der Waals surface area contributed by atoms with E-state index in [4.69, 9.17) is 9.72 Å². The monoisotopic (exact) mass is 470 g/mol. The van der Waals surface area contributed by atoms with Crippen LogP contribution in [-0.2, 0) is 16.9 Å². The molecule has 6 heteroatoms. The van der Waals surface area contributed by atoms with E-state index in [9.17, 15) is 14.7 Å². The summed E-state index contributed by atoms with van der Waals surface area (Å²) in [5.41, 5.74) is 4.82. The Morgan fingerprint density at radius 3 is 2.23 bits per heavy atom. The van der Waals surface area contributed by atoms with Crippen molar-refractivity contribution in [2.45, 2.75) is 57.7 Å². The first-order chi connectivity index (χ1) is 16.7. The Bertz CT molecular complexity index is 1270. The number of hydrogen-bond donors (Lipinski definition) is 1. The molecule has 0 saturated heterocycles. The maximum atomic E-state index is 12.5. The van der Waals surface area contributed by atoms with E-state index in [-0.39, 0.29) is 12.4 Å². The number of carbonyl (C=O) groups excluding carboxylic acids is 1. The van der Waals surface area contributed by atoms with Crippen LogP contribution in [0.25, 0.3) is 22.4 Å². The van der Waals surface area contributed by atoms with Crippen LogP contribution < -0.4 is 0 Å². The third-order valence-electron chi connectivity index (χ3n) is 7.13. The molecule has 5 rings (SSSR count). The fourth-order valence-electron chi connectivity index (χ4n) is 5.48. The van der Waals surface area contributed by atoms with Gasteiger partial charge in [-0.2, -0.15) is 0 Å². The second kappa shape index (κ2) is 8.61. The largest absolute Gasteiger partial charge is 0.465 e. The Kier molecular flexibility index (Phi) is 5.72. The van der Waals surface area contributed by atoms with Gasteiger partial charge in [0.25, 0.3) is 0 Å². The summed E-state index contributed by atoms with van der Waals surface area (Å²) in [7, 11) is 0. The molecule has 1 amide bonds. The van der Waals surface area contributed by atoms with E-state index in [2.05, 4.69) is 0 Å². The van der Waals surface area contributed by atoms with Gasteiger partial charge < -0.3 is 9.84 Å². The van der Waals surface area contributed by atoms with Gasteiger partial charge in [-0.1, -0.05) is 54.6 Å². The van der Waals surface area contributed by atoms with Crippen LogP contribution in [0.5, 0.6) is 0 Å². The van der Waals surface area contributed by atoms with Gasteiger partial charge in [-0.15, -0.1) is 0 Å². The Hall–Kier alpha value is -3.51. The predicted molar refractivity (Wildman–Crippen MR) is 134 cm³/mol. The number of carboxylic acid groups (broad SMARTS) is 1. The number of ketones is 1. The highest BCUT2D eigenvalue weighted by Gasteiger charge is 2.50. The van der Waals surface area contributed by atoms with Crippen molar-refractivity contribution in [3.63, 3.8) is 0 Å². The normalized spacial score (nSPS) is 16.8. The number of amides is 1. The van der Waals surface area contributed by atoms with Crippen molar-refractivity contribution < 1.29 is 19.4 Å². The van der Waals surface area contributed by atoms with Crippen LogP contribution in [-0.4, -0.2) is 39.0 Å². The van der Waals surface area contributed by atoms with E-state index in [0.29, 0.717) is 17.9 Å². The average molecular weight is 471 g/mol. The highest BCUT2D eigenvalue weighted by molar-refractivity contribution is 6.01. The first-order valence-corrected chi connectivity index (χ1v) is 12.1. The fourth-order valence-corrected chi connectivity index (χ4v) is 5.48. The second-order valence-electron chi connectivity index (χ2n) is 10.4. The fraction of sp³-hybridized carbons (Fsp3) is 0.345. The molecular formula is C29H30N2O4. The molecule has 0 atom stereocenters. The third kappa shape index (κ3) is 4.02. The van der Waals surface area contributed by atoms with E-state index in [1.807, 2.05) is 81.4 Å². The Morgan fingerprint density at radius 2 is 1.66 bits per heavy atom. The molecule has 0 spiro atoms. The summed E-state index contributed by atoms with van der Waals surface area (Å²) in [5.74, 6) is -0.0549. The molecule has 0 bridgehead atoms. The van der Waals surface area contributed by atoms with Crippen LogP contribution in [0.1, 0.15) is 61.6 Å². The lowest BCUT2D eigenvalue weighted by molar-refractivity contribution is -0.0328. The van der Waals surface area contributed by atoms with Gasteiger partial charge in [-0.25, -0.2) is 9.78 Å². The minimum absolute atomic E-state index is 0.0549. The van der Waals surface area contributed by atoms with E-state index in [0.717, 1.165) is 47.2 Å². The van der Waals surface area contributed by atoms with Gasteiger partial charge in [-0.3, -0.25) is 9.69 Å². The standard InChI is InChI=1S/C29H30N2O4/c1-28(2,3)31(27(33)34)29(14-7-15-29)21-12-10-20(11-13-21)26-22(19-8-5-4-6-9-19)16-23-24(30-26)17-35-18-25(23)32/h4-6,8-13,16H,7,14-15,17-18H2,1-3H3,(H,33,34). The summed E-state index contributed by atoms with van der Waals surface area (Å²) >= 11 is 0. The number of ether oxygens (including phenoxy) is 1. The van der Waals surface area contributed by atoms with Crippen LogP contribution in [0.3, 0.4) is 0 Å². The molecule has 1 aliphatic heterocycles. The lowest BCUT2D eigenvalue weighted by atomic mass is 9.69. The van der Waals surface area contributed by atoms with Gasteiger partial charge in [0.1, 0.15) is 6.61 Å². The van der Waals surface area contributed by atoms with Crippen molar-refractivity contribution in [2.75, 3.05) is 6.61 Å². The topological polar surface area (TPSA) is 79.7 Å². The van der Waals surface area contributed by atoms with Crippen LogP contribution in [0, 0.1) is 0 Å². The number of pyridine rings is 1. The van der Waals surface area contributed by atoms with Crippen molar-refractivity contribution in [3.8, 4) is 22.4 Å². The number of nitrogens with zero attached hydrogens (tertiary/aromatic N) is 2. The molecule has 1 saturated carbocycles. The molecule has 2 heterocycles. The minimum atomic E-state index is -0.895. The zero-order valence-electron chi connectivity index (χ0n) is 20.4. The molecular weight excluding hydrogens is 440 g/mol. The summed E-state index contributed by atoms with van der Waals surface area (Å²) < 4.78 is 5.44. The Morgan fingerprint density at radius 1 is 0.971 bits per heavy atom. The van der Waals surface area contributed by atoms with Gasteiger partial charge in [0.05, 0.1) is 23.5 Å². The number of fused-ring (bicyclic) bond motifs is 1. The number of carbonyl (C=O) groups is 2. The molecule has 35 heavy (non-hydrogen) atoms. The summed E-state index contributed by atoms with van der Waals surface area (Å²) in [6, 6.07) is 20.0. The maximum Gasteiger partial charge on any atom is 0.408 e. The zero-order chi connectivity index (χ0) is 24.8. The highest BCUT2D eigenvalue weighted by atomic mass is 16.5. The van der Waals surface area contributed by atoms with Gasteiger partial charge in [0.2, 0.25) is 0 Å². The van der Waals surface area contributed by atoms with Crippen LogP contribution >= 0.6 is 0 Å². The summed E-state index contributed by atoms with van der Waals surface area (Å²) in [5, 5.41) is 10.1. The number of hydrogen-bond acceptors (Lipinski definition) is 4. The highest BCUT2D eigenvalue weighted by Crippen LogP contribution is 2.49. The first kappa shape index (κ1) is 23.2. The van der Waals surface area contributed by atoms with Gasteiger partial charge in [0, 0.05) is 22.2 Å². The van der Waals surface area contributed by atoms with E-state index >= 15 is 0 Å². The van der Waals surface area contributed by atoms with E-state index in [1.165, 1.54) is 0 Å². The molecule has 2 aromatic carbocycles. The van der Waals surface area contributed by atoms with Crippen molar-refractivity contribution in [1.82, 2.24) is 9.88 Å². The Labute approximate surface area is 205 Å². The zero-order valence-corrected chi connectivity index (χ0v) is 20.4. The molecule has 1 aromatic heterocycles. The number of aromatic nitrogens is 1. The van der Waals surface area contributed by atoms with Gasteiger partial charge >= 0.3 is 6.09 Å². The quantitative estimate of drug-likeness (QED) is 0.485. The lowest BCUT2D eigenvalue weighted by Crippen LogP contribution is -2.60. The predicted octanol–water partition coefficient (Wildman–Crippen LogP) is 6.29. The van der Waals surface area contributed by atoms with Crippen LogP contribution in [0.15, 0.2) is 60.7 Å². The summed E-state index contributed by atoms with van der Waals surface area (Å²) in [6.45, 7) is 6.22. The van der Waals surface area contributed by atoms with Crippen molar-refractivity contribution in [3.05, 3.63) is 77.5 Å². The molecule has 1 aliphatic carbocycles. The van der Waals surface area contributed by atoms with Gasteiger partial charge in [-0.05, 0) is 57.2 Å². The molecule has 1 N–H and O–H groups in total. The first-order valence-electron chi connectivity index (χ1n) is 12.1. The average Bonchev–Trinajstić information content (AvgIpc) is 2.80. The lowest BCUT2D eigenvalue weighted by Gasteiger charge is -2.54. The SMILES string of the molecule is CC(C)(C)N(C(=O)O)C1(c2ccc(-c3nc4c(cc3-c3ccccc3)C(=O)COC4)cc2)CCC1. The summed E-state index contributed by atoms with van der Waals surface area (Å²) in [4.78, 5) is 31.3. The van der Waals surface area contributed by atoms with E-state index < -0.39 is 17.2 Å². The van der Waals surface area contributed by atoms with Gasteiger partial charge in [0.15, 0.2) is 5.78 Å². The molecule has 6 nitrogen and oxygen atoms in total. The molecule has 0 unspecified atom stereocenters. The minimum Gasteiger partial charge on any atom is -0.465 e. The summed E-state index contributed by atoms with van der Waals surface area (Å²) in [6.07, 6.45) is 1.72. The van der Waals surface area contributed by atoms with Crippen LogP contribution in [0.4, 0.5) is 4.79 Å². The third-order valence-corrected chi connectivity index (χ3v) is 7.13. The number of Topliss-reactive ketones (excluding diaryl/α,β-unsaturated/α-hetero) is 1. The molecule has 2 aliphatic rings. The Balaban J connectivity index is 1.60. The smallest absolute Gasteiger partial charge is 0.408 e. The molecule has 1 fully saturated rings. The number of benzene rings is 2. The number of rotatable bonds is 4. The second-order valence-corrected chi connectivity index (χ2v) is 10.4. The molecule has 0 radical (unpaired) electrons. The maximum absolute atomic E-state index is 12.5. The van der Waals surface area contributed by atoms with Crippen LogP contribution in [0.2, 0.25) is 0 Å². The van der Waals surface area contributed by atoms with Crippen molar-refractivity contribution in [2.24, 2.45) is 0 Å². The molecule has 180 valence electrons. The van der Waals surface area contributed by atoms with E-state index in [1.54, 1.807) is 4.90 Å². The molecule has 3 aromatic rings.